The number of benzene rings is 2. The monoisotopic (exact) mass is 606 g/mol. The molecule has 3 N–H and O–H groups in total. The molecule has 0 amide bonds. The molecular formula is C34H47FN6O3. The summed E-state index contributed by atoms with van der Waals surface area (Å²) in [6, 6.07) is 14.4. The molecule has 2 fully saturated rings. The highest BCUT2D eigenvalue weighted by Crippen LogP contribution is 2.34. The van der Waals surface area contributed by atoms with E-state index in [0.29, 0.717) is 28.7 Å². The molecule has 0 unspecified atom stereocenters. The highest BCUT2D eigenvalue weighted by atomic mass is 19.1. The zero-order chi connectivity index (χ0) is 30.9. The van der Waals surface area contributed by atoms with Crippen LogP contribution in [0, 0.1) is 11.7 Å². The van der Waals surface area contributed by atoms with Crippen LogP contribution < -0.4 is 20.4 Å². The molecule has 0 radical (unpaired) electrons. The Labute approximate surface area is 260 Å². The Morgan fingerprint density at radius 2 is 1.48 bits per heavy atom. The maximum Gasteiger partial charge on any atom is 0.169 e. The number of aromatic hydroxyl groups is 1. The predicted molar refractivity (Wildman–Crippen MR) is 175 cm³/mol. The van der Waals surface area contributed by atoms with Crippen molar-refractivity contribution in [2.45, 2.75) is 58.7 Å². The molecule has 1 aromatic heterocycles. The van der Waals surface area contributed by atoms with Crippen LogP contribution in [0.2, 0.25) is 0 Å². The van der Waals surface area contributed by atoms with E-state index in [1.54, 1.807) is 18.2 Å². The van der Waals surface area contributed by atoms with Gasteiger partial charge in [-0.1, -0.05) is 38.8 Å². The number of phenols is 1. The lowest BCUT2D eigenvalue weighted by molar-refractivity contribution is -0.177. The van der Waals surface area contributed by atoms with Gasteiger partial charge in [0.25, 0.3) is 0 Å². The molecule has 0 bridgehead atoms. The summed E-state index contributed by atoms with van der Waals surface area (Å²) in [5, 5.41) is 18.7. The van der Waals surface area contributed by atoms with Crippen LogP contribution in [0.15, 0.2) is 48.5 Å². The Morgan fingerprint density at radius 3 is 2.14 bits per heavy atom. The van der Waals surface area contributed by atoms with E-state index in [1.165, 1.54) is 0 Å². The molecule has 2 aliphatic heterocycles. The van der Waals surface area contributed by atoms with Gasteiger partial charge < -0.3 is 35.0 Å². The van der Waals surface area contributed by atoms with E-state index in [-0.39, 0.29) is 17.9 Å². The number of piperidine rings is 1. The van der Waals surface area contributed by atoms with E-state index in [0.717, 1.165) is 102 Å². The number of hydrogen-bond donors (Lipinski definition) is 2. The largest absolute Gasteiger partial charge is 0.507 e. The van der Waals surface area contributed by atoms with Gasteiger partial charge in [-0.25, -0.2) is 4.39 Å². The third-order valence-electron chi connectivity index (χ3n) is 8.72. The van der Waals surface area contributed by atoms with E-state index in [1.807, 2.05) is 30.3 Å². The van der Waals surface area contributed by atoms with E-state index < -0.39 is 0 Å². The number of aromatic nitrogens is 2. The molecule has 3 aromatic rings. The Bertz CT molecular complexity index is 1330. The molecule has 238 valence electrons. The fraction of sp³-hybridized carbons (Fsp3) is 0.529. The van der Waals surface area contributed by atoms with Crippen LogP contribution in [0.5, 0.6) is 5.75 Å². The number of ether oxygens (including phenoxy) is 2. The Balaban J connectivity index is 1.20. The van der Waals surface area contributed by atoms with Crippen molar-refractivity contribution in [3.63, 3.8) is 0 Å². The summed E-state index contributed by atoms with van der Waals surface area (Å²) >= 11 is 0. The molecule has 0 spiro atoms. The van der Waals surface area contributed by atoms with Crippen molar-refractivity contribution in [2.75, 3.05) is 72.9 Å². The number of nitrogens with two attached hydrogens (primary N) is 1. The third kappa shape index (κ3) is 7.71. The molecular weight excluding hydrogens is 559 g/mol. The van der Waals surface area contributed by atoms with Gasteiger partial charge in [0, 0.05) is 69.7 Å². The van der Waals surface area contributed by atoms with Gasteiger partial charge >= 0.3 is 0 Å². The number of anilines is 4. The average Bonchev–Trinajstić information content (AvgIpc) is 3.05. The normalized spacial score (nSPS) is 16.2. The van der Waals surface area contributed by atoms with Crippen LogP contribution in [0.25, 0.3) is 11.3 Å². The Kier molecular flexibility index (Phi) is 11.1. The summed E-state index contributed by atoms with van der Waals surface area (Å²) < 4.78 is 27.5. The predicted octanol–water partition coefficient (Wildman–Crippen LogP) is 6.07. The van der Waals surface area contributed by atoms with Crippen molar-refractivity contribution >= 4 is 22.9 Å². The molecule has 44 heavy (non-hydrogen) atoms. The minimum absolute atomic E-state index is 0.152. The summed E-state index contributed by atoms with van der Waals surface area (Å²) in [7, 11) is 0. The second kappa shape index (κ2) is 15.4. The lowest BCUT2D eigenvalue weighted by Gasteiger charge is -2.39. The number of para-hydroxylation sites is 1. The van der Waals surface area contributed by atoms with Crippen LogP contribution in [0.1, 0.15) is 52.4 Å². The smallest absolute Gasteiger partial charge is 0.169 e. The first-order chi connectivity index (χ1) is 21.5. The molecule has 2 aliphatic rings. The van der Waals surface area contributed by atoms with E-state index in [2.05, 4.69) is 38.7 Å². The van der Waals surface area contributed by atoms with Gasteiger partial charge in [0.15, 0.2) is 12.1 Å². The third-order valence-corrected chi connectivity index (χ3v) is 8.72. The number of nitrogen functional groups attached to an aromatic ring is 1. The van der Waals surface area contributed by atoms with Gasteiger partial charge in [-0.3, -0.25) is 0 Å². The number of rotatable bonds is 13. The van der Waals surface area contributed by atoms with Crippen molar-refractivity contribution in [1.82, 2.24) is 10.2 Å². The van der Waals surface area contributed by atoms with Gasteiger partial charge in [-0.2, -0.15) is 0 Å². The molecule has 2 aromatic carbocycles. The second-order valence-electron chi connectivity index (χ2n) is 11.8. The highest BCUT2D eigenvalue weighted by Gasteiger charge is 2.29. The van der Waals surface area contributed by atoms with Crippen molar-refractivity contribution in [3.8, 4) is 17.0 Å². The summed E-state index contributed by atoms with van der Waals surface area (Å²) in [5.74, 6) is 0.645. The summed E-state index contributed by atoms with van der Waals surface area (Å²) in [5.41, 5.74) is 9.91. The molecule has 0 atom stereocenters. The summed E-state index contributed by atoms with van der Waals surface area (Å²) in [4.78, 5) is 6.66. The van der Waals surface area contributed by atoms with E-state index >= 15 is 4.39 Å². The van der Waals surface area contributed by atoms with Crippen LogP contribution >= 0.6 is 0 Å². The van der Waals surface area contributed by atoms with E-state index in [9.17, 15) is 5.11 Å². The molecule has 0 saturated carbocycles. The topological polar surface area (TPSA) is 100 Å². The number of unbranched alkanes of at least 4 members (excludes halogenated alkanes) is 2. The zero-order valence-corrected chi connectivity index (χ0v) is 26.1. The van der Waals surface area contributed by atoms with Crippen molar-refractivity contribution < 1.29 is 19.0 Å². The fourth-order valence-electron chi connectivity index (χ4n) is 6.03. The van der Waals surface area contributed by atoms with Crippen molar-refractivity contribution in [3.05, 3.63) is 54.3 Å². The van der Waals surface area contributed by atoms with Crippen LogP contribution in [-0.2, 0) is 9.47 Å². The summed E-state index contributed by atoms with van der Waals surface area (Å²) in [6.07, 6.45) is 5.91. The van der Waals surface area contributed by atoms with Crippen molar-refractivity contribution in [1.29, 1.82) is 0 Å². The Morgan fingerprint density at radius 1 is 0.841 bits per heavy atom. The first-order valence-corrected chi connectivity index (χ1v) is 16.2. The fourth-order valence-corrected chi connectivity index (χ4v) is 6.03. The molecule has 2 saturated heterocycles. The first kappa shape index (κ1) is 31.8. The lowest BCUT2D eigenvalue weighted by atomic mass is 9.95. The number of piperazine rings is 1. The quantitative estimate of drug-likeness (QED) is 0.177. The lowest BCUT2D eigenvalue weighted by Crippen LogP contribution is -2.47. The molecule has 9 nitrogen and oxygen atoms in total. The SMILES string of the molecule is CCCCOC(OCCCC)C1CCN(c2cc(N3CCN(c4cc(-c5ccccc5O)nnc4N)CC3)ccc2F)CC1. The number of phenolic OH excluding ortho intramolecular Hbond substituents is 1. The zero-order valence-electron chi connectivity index (χ0n) is 26.1. The van der Waals surface area contributed by atoms with Gasteiger partial charge in [0.1, 0.15) is 11.6 Å². The van der Waals surface area contributed by atoms with Gasteiger partial charge in [0.2, 0.25) is 0 Å². The van der Waals surface area contributed by atoms with Gasteiger partial charge in [0.05, 0.1) is 17.1 Å². The highest BCUT2D eigenvalue weighted by molar-refractivity contribution is 5.74. The Hall–Kier alpha value is -3.63. The maximum atomic E-state index is 15.2. The number of halogens is 1. The first-order valence-electron chi connectivity index (χ1n) is 16.2. The van der Waals surface area contributed by atoms with Gasteiger partial charge in [-0.05, 0) is 62.1 Å². The van der Waals surface area contributed by atoms with Crippen LogP contribution in [0.4, 0.5) is 27.3 Å². The van der Waals surface area contributed by atoms with E-state index in [4.69, 9.17) is 15.2 Å². The van der Waals surface area contributed by atoms with Crippen LogP contribution in [0.3, 0.4) is 0 Å². The van der Waals surface area contributed by atoms with Gasteiger partial charge in [-0.15, -0.1) is 10.2 Å². The molecule has 3 heterocycles. The van der Waals surface area contributed by atoms with Crippen molar-refractivity contribution in [2.24, 2.45) is 5.92 Å². The standard InChI is InChI=1S/C34H47FN6O3/c1-3-5-21-43-34(44-22-6-4-2)25-13-15-40(16-14-25)30-23-26(11-12-28(30)35)39-17-19-41(20-18-39)31-24-29(37-38-33(31)36)27-9-7-8-10-32(27)42/h7-12,23-25,34,42H,3-6,13-22H2,1-2H3,(H2,36,38). The molecule has 5 rings (SSSR count). The second-order valence-corrected chi connectivity index (χ2v) is 11.8. The average molecular weight is 607 g/mol. The summed E-state index contributed by atoms with van der Waals surface area (Å²) in [6.45, 7) is 10.3. The number of hydrogen-bond acceptors (Lipinski definition) is 9. The minimum Gasteiger partial charge on any atom is -0.507 e. The number of nitrogens with zero attached hydrogens (tertiary/aromatic N) is 5. The maximum absolute atomic E-state index is 15.2. The van der Waals surface area contributed by atoms with Crippen LogP contribution in [-0.4, -0.2) is 74.1 Å². The molecule has 0 aliphatic carbocycles. The minimum atomic E-state index is -0.187. The molecule has 10 heteroatoms.